The molecule has 8 N–H and O–H groups in total. The Bertz CT molecular complexity index is 1770. The number of hydrogen-bond donors (Lipinski definition) is 6. The van der Waals surface area contributed by atoms with Crippen LogP contribution in [-0.4, -0.2) is 58.9 Å². The number of phenolic OH excluding ortho intramolecular Hbond substituents is 2. The molecule has 288 valence electrons. The minimum Gasteiger partial charge on any atom is -0.508 e. The van der Waals surface area contributed by atoms with E-state index in [1.807, 2.05) is 12.1 Å². The Morgan fingerprint density at radius 1 is 1.00 bits per heavy atom. The van der Waals surface area contributed by atoms with Gasteiger partial charge in [0.25, 0.3) is 0 Å². The number of fused-ring (bicyclic) bond motifs is 5. The molecule has 1 heterocycles. The van der Waals surface area contributed by atoms with Crippen molar-refractivity contribution in [2.45, 2.75) is 116 Å². The van der Waals surface area contributed by atoms with E-state index < -0.39 is 12.2 Å². The summed E-state index contributed by atoms with van der Waals surface area (Å²) in [6.07, 6.45) is 7.67. The number of guanidine groups is 1. The molecule has 0 radical (unpaired) electrons. The van der Waals surface area contributed by atoms with Crippen LogP contribution in [0, 0.1) is 17.8 Å². The minimum atomic E-state index is -0.854. The largest absolute Gasteiger partial charge is 0.508 e. The van der Waals surface area contributed by atoms with Crippen molar-refractivity contribution in [1.82, 2.24) is 0 Å². The molecule has 10 heteroatoms. The van der Waals surface area contributed by atoms with E-state index in [4.69, 9.17) is 25.7 Å². The molecule has 0 spiro atoms. The van der Waals surface area contributed by atoms with E-state index in [1.165, 1.54) is 5.56 Å². The van der Waals surface area contributed by atoms with E-state index in [1.54, 1.807) is 25.3 Å². The lowest BCUT2D eigenvalue weighted by molar-refractivity contribution is 0.0169. The van der Waals surface area contributed by atoms with E-state index in [9.17, 15) is 20.4 Å². The molecule has 6 atom stereocenters. The smallest absolute Gasteiger partial charge is 0.185 e. The Labute approximate surface area is 314 Å². The van der Waals surface area contributed by atoms with Crippen molar-refractivity contribution < 1.29 is 34.6 Å². The summed E-state index contributed by atoms with van der Waals surface area (Å²) in [6, 6.07) is 11.2. The van der Waals surface area contributed by atoms with Gasteiger partial charge in [-0.05, 0) is 115 Å². The number of ether oxygens (including phenoxy) is 3. The second-order valence-corrected chi connectivity index (χ2v) is 15.8. The predicted octanol–water partition coefficient (Wildman–Crippen LogP) is 7.05. The molecule has 1 fully saturated rings. The number of aliphatic imine (C=N–C) groups is 1. The highest BCUT2D eigenvalue weighted by molar-refractivity contribution is 5.83. The van der Waals surface area contributed by atoms with Gasteiger partial charge in [0.15, 0.2) is 17.5 Å². The number of methoxy groups -OCH3 is 1. The van der Waals surface area contributed by atoms with Crippen LogP contribution in [0.1, 0.15) is 112 Å². The zero-order valence-corrected chi connectivity index (χ0v) is 31.8. The van der Waals surface area contributed by atoms with Gasteiger partial charge in [-0.2, -0.15) is 0 Å². The number of aromatic hydroxyl groups is 2. The van der Waals surface area contributed by atoms with Crippen LogP contribution in [0.3, 0.4) is 0 Å². The lowest BCUT2D eigenvalue weighted by atomic mass is 9.72. The van der Waals surface area contributed by atoms with Gasteiger partial charge in [0.2, 0.25) is 0 Å². The van der Waals surface area contributed by atoms with Crippen LogP contribution in [0.25, 0.3) is 11.1 Å². The molecule has 1 aliphatic heterocycles. The second-order valence-electron chi connectivity index (χ2n) is 15.8. The predicted molar refractivity (Wildman–Crippen MR) is 208 cm³/mol. The standard InChI is InChI=1S/C43H59N3O7/c1-5-6-7-9-25-17-28-19-34(49)29(16-24(2)3)18-31(28)41-39(51-4)22-37-32(40(25)41)21-35(50)42(53-37)26-12-13-33(48)38(20-26)52-36-11-8-10-27(23-47)30(36)14-15-46-43(44)45/h12-13,18-20,22,24-25,27,30,35-36,42,47-50H,5-11,14-17,21,23H2,1-4H3,(H4,44,45,46). The summed E-state index contributed by atoms with van der Waals surface area (Å²) in [5, 5.41) is 44.0. The fourth-order valence-electron chi connectivity index (χ4n) is 9.07. The summed E-state index contributed by atoms with van der Waals surface area (Å²) in [5.74, 6) is 2.71. The highest BCUT2D eigenvalue weighted by Gasteiger charge is 2.39. The average molecular weight is 730 g/mol. The Hall–Kier alpha value is -4.15. The quantitative estimate of drug-likeness (QED) is 0.0578. The maximum Gasteiger partial charge on any atom is 0.185 e. The summed E-state index contributed by atoms with van der Waals surface area (Å²) >= 11 is 0. The third-order valence-corrected chi connectivity index (χ3v) is 11.6. The summed E-state index contributed by atoms with van der Waals surface area (Å²) in [6.45, 7) is 6.99. The minimum absolute atomic E-state index is 0.000688. The van der Waals surface area contributed by atoms with Crippen molar-refractivity contribution in [3.8, 4) is 39.9 Å². The summed E-state index contributed by atoms with van der Waals surface area (Å²) in [5.41, 5.74) is 18.2. The van der Waals surface area contributed by atoms with Gasteiger partial charge >= 0.3 is 0 Å². The Balaban J connectivity index is 1.34. The first kappa shape index (κ1) is 38.6. The van der Waals surface area contributed by atoms with Crippen LogP contribution >= 0.6 is 0 Å². The monoisotopic (exact) mass is 729 g/mol. The van der Waals surface area contributed by atoms with Crippen molar-refractivity contribution in [2.75, 3.05) is 20.3 Å². The maximum absolute atomic E-state index is 11.9. The van der Waals surface area contributed by atoms with E-state index in [0.717, 1.165) is 85.6 Å². The number of nitrogens with zero attached hydrogens (tertiary/aromatic N) is 1. The molecule has 3 aromatic carbocycles. The number of nitrogens with two attached hydrogens (primary N) is 2. The lowest BCUT2D eigenvalue weighted by Crippen LogP contribution is -2.39. The molecule has 1 saturated carbocycles. The SMILES string of the molecule is CCCCCC1Cc2cc(O)c(CC(C)C)cc2-c2c(OC)cc3c(c21)CC(O)C(c1ccc(O)c(OC2CCCC(CO)C2CCN=C(N)N)c1)O3. The summed E-state index contributed by atoms with van der Waals surface area (Å²) in [7, 11) is 1.69. The lowest BCUT2D eigenvalue weighted by Gasteiger charge is -2.38. The first-order valence-corrected chi connectivity index (χ1v) is 19.6. The van der Waals surface area contributed by atoms with Crippen LogP contribution in [0.15, 0.2) is 41.4 Å². The molecule has 53 heavy (non-hydrogen) atoms. The molecular formula is C43H59N3O7. The number of rotatable bonds is 14. The number of hydrogen-bond acceptors (Lipinski definition) is 8. The average Bonchev–Trinajstić information content (AvgIpc) is 3.12. The van der Waals surface area contributed by atoms with Gasteiger partial charge in [-0.25, -0.2) is 0 Å². The van der Waals surface area contributed by atoms with E-state index in [-0.39, 0.29) is 42.2 Å². The van der Waals surface area contributed by atoms with Crippen molar-refractivity contribution in [3.05, 3.63) is 64.2 Å². The maximum atomic E-state index is 11.9. The van der Waals surface area contributed by atoms with Crippen molar-refractivity contribution >= 4 is 5.96 Å². The molecule has 2 aliphatic carbocycles. The van der Waals surface area contributed by atoms with Crippen LogP contribution in [-0.2, 0) is 19.3 Å². The molecule has 6 rings (SSSR count). The number of aliphatic hydroxyl groups excluding tert-OH is 2. The normalized spacial score (nSPS) is 23.4. The third kappa shape index (κ3) is 8.34. The fraction of sp³-hybridized carbons (Fsp3) is 0.558. The molecule has 3 aliphatic rings. The summed E-state index contributed by atoms with van der Waals surface area (Å²) in [4.78, 5) is 4.16. The Morgan fingerprint density at radius 3 is 2.53 bits per heavy atom. The molecular weight excluding hydrogens is 670 g/mol. The molecule has 0 saturated heterocycles. The van der Waals surface area contributed by atoms with E-state index in [2.05, 4.69) is 31.8 Å². The van der Waals surface area contributed by atoms with Crippen molar-refractivity contribution in [1.29, 1.82) is 0 Å². The van der Waals surface area contributed by atoms with Gasteiger partial charge in [0.05, 0.1) is 13.2 Å². The van der Waals surface area contributed by atoms with Crippen LogP contribution in [0.5, 0.6) is 28.7 Å². The van der Waals surface area contributed by atoms with E-state index in [0.29, 0.717) is 53.9 Å². The fourth-order valence-corrected chi connectivity index (χ4v) is 9.07. The molecule has 0 bridgehead atoms. The Kier molecular flexibility index (Phi) is 12.3. The Morgan fingerprint density at radius 2 is 1.81 bits per heavy atom. The number of aliphatic hydroxyl groups is 2. The van der Waals surface area contributed by atoms with Gasteiger partial charge < -0.3 is 46.1 Å². The van der Waals surface area contributed by atoms with Gasteiger partial charge in [-0.3, -0.25) is 4.99 Å². The third-order valence-electron chi connectivity index (χ3n) is 11.6. The van der Waals surface area contributed by atoms with Crippen molar-refractivity contribution in [3.63, 3.8) is 0 Å². The van der Waals surface area contributed by atoms with Crippen LogP contribution in [0.2, 0.25) is 0 Å². The van der Waals surface area contributed by atoms with Crippen molar-refractivity contribution in [2.24, 2.45) is 34.2 Å². The number of phenols is 2. The number of unbranched alkanes of at least 4 members (excludes halogenated alkanes) is 2. The zero-order valence-electron chi connectivity index (χ0n) is 31.8. The summed E-state index contributed by atoms with van der Waals surface area (Å²) < 4.78 is 19.4. The van der Waals surface area contributed by atoms with Crippen LogP contribution < -0.4 is 25.7 Å². The van der Waals surface area contributed by atoms with Crippen LogP contribution in [0.4, 0.5) is 0 Å². The van der Waals surface area contributed by atoms with E-state index >= 15 is 0 Å². The zero-order chi connectivity index (χ0) is 37.8. The molecule has 0 amide bonds. The van der Waals surface area contributed by atoms with Gasteiger partial charge in [-0.15, -0.1) is 0 Å². The molecule has 3 aromatic rings. The highest BCUT2D eigenvalue weighted by atomic mass is 16.5. The molecule has 0 aromatic heterocycles. The van der Waals surface area contributed by atoms with Gasteiger partial charge in [0.1, 0.15) is 29.5 Å². The molecule has 6 unspecified atom stereocenters. The highest BCUT2D eigenvalue weighted by Crippen LogP contribution is 2.54. The first-order valence-electron chi connectivity index (χ1n) is 19.6. The first-order chi connectivity index (χ1) is 25.5. The van der Waals surface area contributed by atoms with Gasteiger partial charge in [-0.1, -0.05) is 46.1 Å². The topological polar surface area (TPSA) is 173 Å². The van der Waals surface area contributed by atoms with Gasteiger partial charge in [0, 0.05) is 42.7 Å². The molecule has 10 nitrogen and oxygen atoms in total. The number of benzene rings is 3. The second kappa shape index (κ2) is 16.9.